The van der Waals surface area contributed by atoms with Crippen LogP contribution in [0.25, 0.3) is 0 Å². The summed E-state index contributed by atoms with van der Waals surface area (Å²) in [7, 11) is 0. The molecule has 2 N–H and O–H groups in total. The summed E-state index contributed by atoms with van der Waals surface area (Å²) < 4.78 is 0. The minimum absolute atomic E-state index is 0.00542. The van der Waals surface area contributed by atoms with E-state index in [0.29, 0.717) is 28.5 Å². The van der Waals surface area contributed by atoms with E-state index >= 15 is 0 Å². The van der Waals surface area contributed by atoms with Crippen molar-refractivity contribution in [2.45, 2.75) is 34.1 Å². The Labute approximate surface area is 118 Å². The fourth-order valence-electron chi connectivity index (χ4n) is 1.93. The summed E-state index contributed by atoms with van der Waals surface area (Å²) in [5, 5.41) is 10.1. The second-order valence-corrected chi connectivity index (χ2v) is 5.85. The van der Waals surface area contributed by atoms with E-state index in [0.717, 1.165) is 18.1 Å². The fraction of sp³-hybridized carbons (Fsp3) is 0.571. The van der Waals surface area contributed by atoms with E-state index in [-0.39, 0.29) is 5.78 Å². The van der Waals surface area contributed by atoms with Gasteiger partial charge in [-0.2, -0.15) is 5.26 Å². The number of anilines is 2. The van der Waals surface area contributed by atoms with Crippen LogP contribution in [0.2, 0.25) is 0 Å². The van der Waals surface area contributed by atoms with Crippen LogP contribution < -0.4 is 10.6 Å². The molecule has 1 rings (SSSR count). The standard InChI is InChI=1S/C14H21N3OS/c1-5-11(18)13-12(16)10(7-15)14(19-13)17(6-2)8-9(3)4/h9H,5-6,8,16H2,1-4H3. The molecule has 0 bridgehead atoms. The zero-order valence-corrected chi connectivity index (χ0v) is 12.8. The molecule has 0 aliphatic rings. The van der Waals surface area contributed by atoms with Crippen LogP contribution >= 0.6 is 11.3 Å². The van der Waals surface area contributed by atoms with E-state index in [4.69, 9.17) is 5.73 Å². The number of hydrogen-bond donors (Lipinski definition) is 1. The zero-order chi connectivity index (χ0) is 14.6. The Morgan fingerprint density at radius 2 is 2.11 bits per heavy atom. The summed E-state index contributed by atoms with van der Waals surface area (Å²) in [4.78, 5) is 14.5. The fourth-order valence-corrected chi connectivity index (χ4v) is 3.18. The number of hydrogen-bond acceptors (Lipinski definition) is 5. The van der Waals surface area contributed by atoms with Gasteiger partial charge in [0.1, 0.15) is 16.6 Å². The molecule has 0 atom stereocenters. The highest BCUT2D eigenvalue weighted by molar-refractivity contribution is 7.19. The third kappa shape index (κ3) is 3.27. The zero-order valence-electron chi connectivity index (χ0n) is 12.0. The highest BCUT2D eigenvalue weighted by Crippen LogP contribution is 2.38. The van der Waals surface area contributed by atoms with Crippen molar-refractivity contribution in [3.63, 3.8) is 0 Å². The minimum Gasteiger partial charge on any atom is -0.396 e. The quantitative estimate of drug-likeness (QED) is 0.811. The van der Waals surface area contributed by atoms with Gasteiger partial charge in [-0.15, -0.1) is 11.3 Å². The lowest BCUT2D eigenvalue weighted by molar-refractivity contribution is 0.0993. The molecule has 104 valence electrons. The van der Waals surface area contributed by atoms with E-state index in [1.807, 2.05) is 6.92 Å². The molecule has 0 spiro atoms. The molecule has 0 saturated heterocycles. The van der Waals surface area contributed by atoms with Crippen molar-refractivity contribution in [1.29, 1.82) is 5.26 Å². The van der Waals surface area contributed by atoms with Crippen LogP contribution in [0.15, 0.2) is 0 Å². The van der Waals surface area contributed by atoms with Crippen molar-refractivity contribution >= 4 is 27.8 Å². The maximum absolute atomic E-state index is 11.9. The van der Waals surface area contributed by atoms with Crippen LogP contribution in [0.4, 0.5) is 10.7 Å². The van der Waals surface area contributed by atoms with Crippen molar-refractivity contribution in [2.75, 3.05) is 23.7 Å². The Morgan fingerprint density at radius 3 is 2.53 bits per heavy atom. The summed E-state index contributed by atoms with van der Waals surface area (Å²) >= 11 is 1.35. The number of carbonyl (C=O) groups is 1. The first-order chi connectivity index (χ1) is 8.96. The molecule has 0 aliphatic carbocycles. The number of carbonyl (C=O) groups excluding carboxylic acids is 1. The smallest absolute Gasteiger partial charge is 0.174 e. The molecule has 1 heterocycles. The van der Waals surface area contributed by atoms with Gasteiger partial charge in [-0.1, -0.05) is 20.8 Å². The molecule has 1 aromatic heterocycles. The Hall–Kier alpha value is -1.54. The van der Waals surface area contributed by atoms with E-state index in [2.05, 4.69) is 24.8 Å². The van der Waals surface area contributed by atoms with Gasteiger partial charge in [0.25, 0.3) is 0 Å². The molecule has 1 aromatic rings. The Morgan fingerprint density at radius 1 is 1.47 bits per heavy atom. The van der Waals surface area contributed by atoms with E-state index in [9.17, 15) is 10.1 Å². The summed E-state index contributed by atoms with van der Waals surface area (Å²) in [5.74, 6) is 0.492. The molecule has 4 nitrogen and oxygen atoms in total. The largest absolute Gasteiger partial charge is 0.396 e. The van der Waals surface area contributed by atoms with Crippen LogP contribution in [0.1, 0.15) is 49.4 Å². The van der Waals surface area contributed by atoms with Gasteiger partial charge in [0.05, 0.1) is 10.6 Å². The molecule has 0 unspecified atom stereocenters. The monoisotopic (exact) mass is 279 g/mol. The SMILES string of the molecule is CCC(=O)c1sc(N(CC)CC(C)C)c(C#N)c1N. The van der Waals surface area contributed by atoms with Gasteiger partial charge in [0.15, 0.2) is 5.78 Å². The van der Waals surface area contributed by atoms with Crippen molar-refractivity contribution < 1.29 is 4.79 Å². The maximum atomic E-state index is 11.9. The average Bonchev–Trinajstić information content (AvgIpc) is 2.71. The lowest BCUT2D eigenvalue weighted by Gasteiger charge is -2.23. The number of thiophene rings is 1. The van der Waals surface area contributed by atoms with Gasteiger partial charge < -0.3 is 10.6 Å². The van der Waals surface area contributed by atoms with Gasteiger partial charge in [0.2, 0.25) is 0 Å². The molecule has 0 aliphatic heterocycles. The van der Waals surface area contributed by atoms with Crippen molar-refractivity contribution in [2.24, 2.45) is 5.92 Å². The second kappa shape index (κ2) is 6.58. The van der Waals surface area contributed by atoms with E-state index in [1.165, 1.54) is 11.3 Å². The minimum atomic E-state index is 0.00542. The van der Waals surface area contributed by atoms with E-state index in [1.54, 1.807) is 6.92 Å². The number of nitrogens with two attached hydrogens (primary N) is 1. The molecule has 0 fully saturated rings. The summed E-state index contributed by atoms with van der Waals surface area (Å²) in [5.41, 5.74) is 6.75. The predicted molar refractivity (Wildman–Crippen MR) is 80.8 cm³/mol. The molecular weight excluding hydrogens is 258 g/mol. The van der Waals surface area contributed by atoms with Gasteiger partial charge in [0, 0.05) is 19.5 Å². The highest BCUT2D eigenvalue weighted by Gasteiger charge is 2.23. The predicted octanol–water partition coefficient (Wildman–Crippen LogP) is 3.28. The molecule has 0 amide bonds. The van der Waals surface area contributed by atoms with Crippen LogP contribution in [0, 0.1) is 17.2 Å². The van der Waals surface area contributed by atoms with Crippen molar-refractivity contribution in [1.82, 2.24) is 0 Å². The molecule has 0 saturated carbocycles. The van der Waals surface area contributed by atoms with Crippen molar-refractivity contribution in [3.05, 3.63) is 10.4 Å². The molecule has 0 radical (unpaired) electrons. The first-order valence-electron chi connectivity index (χ1n) is 6.56. The number of ketones is 1. The topological polar surface area (TPSA) is 70.1 Å². The molecule has 5 heteroatoms. The first kappa shape index (κ1) is 15.5. The van der Waals surface area contributed by atoms with Crippen LogP contribution in [0.5, 0.6) is 0 Å². The Bertz CT molecular complexity index is 500. The van der Waals surface area contributed by atoms with Gasteiger partial charge >= 0.3 is 0 Å². The normalized spacial score (nSPS) is 10.5. The number of Topliss-reactive ketones (excluding diaryl/α,β-unsaturated/α-hetero) is 1. The molecular formula is C14H21N3OS. The van der Waals surface area contributed by atoms with Gasteiger partial charge in [-0.3, -0.25) is 4.79 Å². The summed E-state index contributed by atoms with van der Waals surface area (Å²) in [6.45, 7) is 9.75. The third-order valence-electron chi connectivity index (χ3n) is 2.87. The Balaban J connectivity index is 3.27. The maximum Gasteiger partial charge on any atom is 0.174 e. The number of rotatable bonds is 6. The number of nitriles is 1. The average molecular weight is 279 g/mol. The van der Waals surface area contributed by atoms with Gasteiger partial charge in [-0.25, -0.2) is 0 Å². The van der Waals surface area contributed by atoms with Crippen LogP contribution in [-0.2, 0) is 0 Å². The molecule has 0 aromatic carbocycles. The van der Waals surface area contributed by atoms with Crippen LogP contribution in [0.3, 0.4) is 0 Å². The van der Waals surface area contributed by atoms with Gasteiger partial charge in [-0.05, 0) is 12.8 Å². The molecule has 19 heavy (non-hydrogen) atoms. The number of nitrogens with zero attached hydrogens (tertiary/aromatic N) is 2. The lowest BCUT2D eigenvalue weighted by Crippen LogP contribution is -2.27. The second-order valence-electron chi connectivity index (χ2n) is 4.85. The van der Waals surface area contributed by atoms with E-state index < -0.39 is 0 Å². The lowest BCUT2D eigenvalue weighted by atomic mass is 10.1. The number of nitrogen functional groups attached to an aromatic ring is 1. The highest BCUT2D eigenvalue weighted by atomic mass is 32.1. The Kier molecular flexibility index (Phi) is 5.37. The third-order valence-corrected chi connectivity index (χ3v) is 4.17. The van der Waals surface area contributed by atoms with Crippen molar-refractivity contribution in [3.8, 4) is 6.07 Å². The summed E-state index contributed by atoms with van der Waals surface area (Å²) in [6.07, 6.45) is 0.408. The van der Waals surface area contributed by atoms with Crippen LogP contribution in [-0.4, -0.2) is 18.9 Å². The first-order valence-corrected chi connectivity index (χ1v) is 7.38. The summed E-state index contributed by atoms with van der Waals surface area (Å²) in [6, 6.07) is 2.14.